The van der Waals surface area contributed by atoms with Crippen molar-refractivity contribution in [3.8, 4) is 23.0 Å². The van der Waals surface area contributed by atoms with Gasteiger partial charge in [0, 0.05) is 18.8 Å². The first kappa shape index (κ1) is 21.5. The largest absolute Gasteiger partial charge is 0.497 e. The highest BCUT2D eigenvalue weighted by Crippen LogP contribution is 2.39. The Morgan fingerprint density at radius 1 is 0.938 bits per heavy atom. The van der Waals surface area contributed by atoms with Crippen molar-refractivity contribution in [1.82, 2.24) is 0 Å². The molecule has 0 saturated carbocycles. The van der Waals surface area contributed by atoms with E-state index in [1.54, 1.807) is 49.5 Å². The van der Waals surface area contributed by atoms with Crippen molar-refractivity contribution in [1.29, 1.82) is 0 Å². The number of amides is 1. The van der Waals surface area contributed by atoms with Gasteiger partial charge in [0.2, 0.25) is 10.0 Å². The minimum Gasteiger partial charge on any atom is -0.497 e. The first-order valence-corrected chi connectivity index (χ1v) is 11.4. The van der Waals surface area contributed by atoms with Crippen LogP contribution < -0.4 is 23.8 Å². The smallest absolute Gasteiger partial charge is 0.261 e. The van der Waals surface area contributed by atoms with Crippen LogP contribution in [0.3, 0.4) is 0 Å². The molecule has 0 saturated heterocycles. The number of nitrogens with zero attached hydrogens (tertiary/aromatic N) is 1. The average molecular weight is 455 g/mol. The maximum Gasteiger partial charge on any atom is 0.261 e. The second-order valence-electron chi connectivity index (χ2n) is 7.23. The molecular weight excluding hydrogens is 432 g/mol. The summed E-state index contributed by atoms with van der Waals surface area (Å²) in [6, 6.07) is 16.7. The first-order chi connectivity index (χ1) is 15.3. The van der Waals surface area contributed by atoms with Crippen LogP contribution in [-0.4, -0.2) is 35.6 Å². The molecule has 0 bridgehead atoms. The summed E-state index contributed by atoms with van der Waals surface area (Å²) in [5.41, 5.74) is 1.64. The molecule has 166 valence electrons. The Morgan fingerprint density at radius 2 is 1.62 bits per heavy atom. The molecule has 3 aromatic rings. The lowest BCUT2D eigenvalue weighted by Crippen LogP contribution is -2.25. The highest BCUT2D eigenvalue weighted by molar-refractivity contribution is 7.91. The molecule has 0 aliphatic carbocycles. The molecule has 1 amide bonds. The molecule has 9 heteroatoms. The minimum absolute atomic E-state index is 0.256. The number of methoxy groups -OCH3 is 2. The number of anilines is 2. The number of carbonyl (C=O) groups excluding carboxylic acids is 1. The van der Waals surface area contributed by atoms with Crippen molar-refractivity contribution in [3.63, 3.8) is 0 Å². The molecule has 0 unspecified atom stereocenters. The topological polar surface area (TPSA) is 94.2 Å². The van der Waals surface area contributed by atoms with E-state index in [2.05, 4.69) is 4.72 Å². The van der Waals surface area contributed by atoms with E-state index in [0.717, 1.165) is 0 Å². The number of ether oxygens (including phenoxy) is 3. The molecular formula is C23H22N2O6S. The van der Waals surface area contributed by atoms with E-state index in [-0.39, 0.29) is 22.9 Å². The summed E-state index contributed by atoms with van der Waals surface area (Å²) in [5, 5.41) is 0. The minimum atomic E-state index is -3.78. The molecule has 0 aromatic heterocycles. The third-order valence-corrected chi connectivity index (χ3v) is 6.26. The fraction of sp³-hybridized carbons (Fsp3) is 0.174. The second kappa shape index (κ2) is 8.43. The zero-order chi connectivity index (χ0) is 22.9. The van der Waals surface area contributed by atoms with E-state index in [1.165, 1.54) is 25.2 Å². The summed E-state index contributed by atoms with van der Waals surface area (Å²) in [6.45, 7) is 0. The highest BCUT2D eigenvalue weighted by Gasteiger charge is 2.26. The van der Waals surface area contributed by atoms with Crippen LogP contribution in [-0.2, 0) is 15.8 Å². The Labute approximate surface area is 186 Å². The second-order valence-corrected chi connectivity index (χ2v) is 8.95. The number of rotatable bonds is 6. The van der Waals surface area contributed by atoms with Crippen LogP contribution in [0.1, 0.15) is 15.9 Å². The normalized spacial score (nSPS) is 12.8. The number of benzene rings is 3. The van der Waals surface area contributed by atoms with Gasteiger partial charge >= 0.3 is 0 Å². The molecule has 8 nitrogen and oxygen atoms in total. The fourth-order valence-electron chi connectivity index (χ4n) is 3.46. The molecule has 0 radical (unpaired) electrons. The summed E-state index contributed by atoms with van der Waals surface area (Å²) < 4.78 is 44.5. The molecule has 0 fully saturated rings. The van der Waals surface area contributed by atoms with Crippen molar-refractivity contribution < 1.29 is 27.4 Å². The van der Waals surface area contributed by atoms with Crippen molar-refractivity contribution in [2.45, 2.75) is 5.75 Å². The van der Waals surface area contributed by atoms with Crippen LogP contribution in [0.4, 0.5) is 11.4 Å². The summed E-state index contributed by atoms with van der Waals surface area (Å²) in [6.07, 6.45) is 0. The van der Waals surface area contributed by atoms with Crippen LogP contribution in [0.15, 0.2) is 60.7 Å². The zero-order valence-corrected chi connectivity index (χ0v) is 18.6. The third-order valence-electron chi connectivity index (χ3n) is 5.00. The van der Waals surface area contributed by atoms with Gasteiger partial charge in [-0.15, -0.1) is 0 Å². The van der Waals surface area contributed by atoms with E-state index < -0.39 is 10.0 Å². The van der Waals surface area contributed by atoms with Gasteiger partial charge in [0.1, 0.15) is 17.2 Å². The molecule has 0 atom stereocenters. The van der Waals surface area contributed by atoms with Gasteiger partial charge in [-0.3, -0.25) is 9.52 Å². The Morgan fingerprint density at radius 3 is 2.31 bits per heavy atom. The lowest BCUT2D eigenvalue weighted by atomic mass is 10.1. The summed E-state index contributed by atoms with van der Waals surface area (Å²) >= 11 is 0. The van der Waals surface area contributed by atoms with Gasteiger partial charge in [-0.2, -0.15) is 0 Å². The Bertz CT molecular complexity index is 1270. The lowest BCUT2D eigenvalue weighted by Gasteiger charge is -2.16. The van der Waals surface area contributed by atoms with Crippen molar-refractivity contribution in [2.75, 3.05) is 30.9 Å². The number of nitrogens with one attached hydrogen (secondary N) is 1. The molecule has 1 aliphatic heterocycles. The number of hydrogen-bond acceptors (Lipinski definition) is 6. The van der Waals surface area contributed by atoms with Crippen LogP contribution >= 0.6 is 0 Å². The van der Waals surface area contributed by atoms with Crippen LogP contribution in [0.2, 0.25) is 0 Å². The van der Waals surface area contributed by atoms with E-state index in [0.29, 0.717) is 34.2 Å². The van der Waals surface area contributed by atoms with Gasteiger partial charge in [-0.25, -0.2) is 8.42 Å². The number of sulfonamides is 1. The van der Waals surface area contributed by atoms with Crippen molar-refractivity contribution in [2.24, 2.45) is 0 Å². The quantitative estimate of drug-likeness (QED) is 0.604. The van der Waals surface area contributed by atoms with Crippen molar-refractivity contribution >= 4 is 27.3 Å². The van der Waals surface area contributed by atoms with Gasteiger partial charge in [-0.1, -0.05) is 12.1 Å². The van der Waals surface area contributed by atoms with E-state index in [1.807, 2.05) is 12.1 Å². The Kier molecular flexibility index (Phi) is 5.67. The third kappa shape index (κ3) is 4.33. The number of carbonyl (C=O) groups is 1. The summed E-state index contributed by atoms with van der Waals surface area (Å²) in [5.74, 6) is 1.28. The maximum absolute atomic E-state index is 13.0. The van der Waals surface area contributed by atoms with Gasteiger partial charge < -0.3 is 19.1 Å². The zero-order valence-electron chi connectivity index (χ0n) is 17.8. The van der Waals surface area contributed by atoms with E-state index in [4.69, 9.17) is 14.2 Å². The average Bonchev–Trinajstić information content (AvgIpc) is 2.88. The summed E-state index contributed by atoms with van der Waals surface area (Å²) in [7, 11) is 0.852. The summed E-state index contributed by atoms with van der Waals surface area (Å²) in [4.78, 5) is 14.5. The van der Waals surface area contributed by atoms with Gasteiger partial charge in [-0.05, 0) is 48.0 Å². The van der Waals surface area contributed by atoms with Gasteiger partial charge in [0.15, 0.2) is 5.75 Å². The highest BCUT2D eigenvalue weighted by atomic mass is 32.2. The van der Waals surface area contributed by atoms with Crippen molar-refractivity contribution in [3.05, 3.63) is 71.8 Å². The lowest BCUT2D eigenvalue weighted by molar-refractivity contribution is 0.0993. The number of fused-ring (bicyclic) bond motifs is 2. The predicted octanol–water partition coefficient (Wildman–Crippen LogP) is 4.03. The molecule has 4 rings (SSSR count). The van der Waals surface area contributed by atoms with Crippen LogP contribution in [0.25, 0.3) is 0 Å². The fourth-order valence-corrected chi connectivity index (χ4v) is 4.63. The van der Waals surface area contributed by atoms with Crippen LogP contribution in [0, 0.1) is 0 Å². The van der Waals surface area contributed by atoms with Gasteiger partial charge in [0.25, 0.3) is 5.91 Å². The predicted molar refractivity (Wildman–Crippen MR) is 121 cm³/mol. The van der Waals surface area contributed by atoms with E-state index in [9.17, 15) is 13.2 Å². The Hall–Kier alpha value is -3.72. The molecule has 32 heavy (non-hydrogen) atoms. The standard InChI is InChI=1S/C23H22N2O6S/c1-25-20-6-4-5-7-22(20)31-21-9-8-16(12-19(21)23(25)26)24-32(27,28)14-15-10-17(29-2)13-18(11-15)30-3/h4-13,24H,14H2,1-3H3. The molecule has 1 N–H and O–H groups in total. The SMILES string of the molecule is COc1cc(CS(=O)(=O)Nc2ccc3c(c2)C(=O)N(C)c2ccccc2O3)cc(OC)c1. The molecule has 0 spiro atoms. The molecule has 3 aromatic carbocycles. The molecule has 1 aliphatic rings. The van der Waals surface area contributed by atoms with E-state index >= 15 is 0 Å². The number of para-hydroxylation sites is 2. The van der Waals surface area contributed by atoms with Crippen LogP contribution in [0.5, 0.6) is 23.0 Å². The maximum atomic E-state index is 13.0. The number of hydrogen-bond donors (Lipinski definition) is 1. The monoisotopic (exact) mass is 454 g/mol. The van der Waals surface area contributed by atoms with Gasteiger partial charge in [0.05, 0.1) is 31.2 Å². The Balaban J connectivity index is 1.61. The molecule has 1 heterocycles. The first-order valence-electron chi connectivity index (χ1n) is 9.71.